The Kier molecular flexibility index (Phi) is 110. The van der Waals surface area contributed by atoms with Crippen LogP contribution in [-0.2, 0) is 3.80 Å². The van der Waals surface area contributed by atoms with Gasteiger partial charge in [-0.1, -0.05) is 0 Å². The topological polar surface area (TPSA) is 17.1 Å². The summed E-state index contributed by atoms with van der Waals surface area (Å²) in [7, 11) is 0. The van der Waals surface area contributed by atoms with Crippen molar-refractivity contribution < 1.29 is 53.2 Å². The van der Waals surface area contributed by atoms with Gasteiger partial charge in [0.1, 0.15) is 0 Å². The first kappa shape index (κ1) is 22.8. The minimum absolute atomic E-state index is 0. The van der Waals surface area contributed by atoms with Crippen LogP contribution in [0, 0.1) is 49.4 Å². The Morgan fingerprint density at radius 3 is 1.20 bits per heavy atom. The summed E-state index contributed by atoms with van der Waals surface area (Å²) in [6, 6.07) is 0. The van der Waals surface area contributed by atoms with Gasteiger partial charge in [-0.3, -0.25) is 0 Å². The Labute approximate surface area is 137 Å². The van der Waals surface area contributed by atoms with Crippen LogP contribution in [-0.4, -0.2) is 88.2 Å². The van der Waals surface area contributed by atoms with Crippen LogP contribution in [0.15, 0.2) is 0 Å². The fourth-order valence-corrected chi connectivity index (χ4v) is 0. The van der Waals surface area contributed by atoms with Gasteiger partial charge in [-0.25, -0.2) is 0 Å². The molecule has 0 N–H and O–H groups in total. The first-order valence-electron chi connectivity index (χ1n) is 0.289. The molecular weight excluding hydrogens is 357 g/mol. The Morgan fingerprint density at radius 1 is 1.20 bits per heavy atom. The third kappa shape index (κ3) is 17.8. The first-order valence-corrected chi connectivity index (χ1v) is 0.866. The second-order valence-electron chi connectivity index (χ2n) is 0. The molecule has 0 saturated heterocycles. The van der Waals surface area contributed by atoms with Crippen LogP contribution >= 0.6 is 0 Å². The number of hydrogen-bond acceptors (Lipinski definition) is 1. The monoisotopic (exact) mass is 363 g/mol. The van der Waals surface area contributed by atoms with Crippen molar-refractivity contribution >= 4 is 88.2 Å². The standard InChI is InChI=1S/Al.Ba.Eu.Mg.O.5H. The molecule has 0 aliphatic heterocycles. The van der Waals surface area contributed by atoms with Crippen LogP contribution in [0.2, 0.25) is 0 Å². The molecule has 0 saturated carbocycles. The molecule has 0 rings (SSSR count). The average Bonchev–Trinajstić information content (AvgIpc) is 1.00. The number of rotatable bonds is 0. The summed E-state index contributed by atoms with van der Waals surface area (Å²) < 4.78 is 8.28. The van der Waals surface area contributed by atoms with E-state index in [0.29, 0.717) is 16.2 Å². The van der Waals surface area contributed by atoms with E-state index in [1.165, 1.54) is 0 Å². The van der Waals surface area contributed by atoms with Crippen LogP contribution in [0.25, 0.3) is 0 Å². The van der Waals surface area contributed by atoms with Crippen LogP contribution < -0.4 is 0 Å². The van der Waals surface area contributed by atoms with E-state index in [1.54, 1.807) is 0 Å². The van der Waals surface area contributed by atoms with Crippen molar-refractivity contribution in [1.82, 2.24) is 0 Å². The fourth-order valence-electron chi connectivity index (χ4n) is 0. The molecule has 0 aliphatic carbocycles. The molecule has 5 heteroatoms. The van der Waals surface area contributed by atoms with Gasteiger partial charge < -0.3 is 0 Å². The van der Waals surface area contributed by atoms with Gasteiger partial charge in [0.15, 0.2) is 0 Å². The molecule has 0 heterocycles. The maximum atomic E-state index is 8.28. The van der Waals surface area contributed by atoms with Crippen LogP contribution in [0.3, 0.4) is 0 Å². The molecule has 0 unspecified atom stereocenters. The predicted molar refractivity (Wildman–Crippen MR) is 24.9 cm³/mol. The van der Waals surface area contributed by atoms with Crippen molar-refractivity contribution in [1.29, 1.82) is 0 Å². The van der Waals surface area contributed by atoms with Gasteiger partial charge in [0.25, 0.3) is 0 Å². The predicted octanol–water partition coefficient (Wildman–Crippen LogP) is -2.60. The van der Waals surface area contributed by atoms with Gasteiger partial charge in [-0.05, 0) is 0 Å². The maximum absolute atomic E-state index is 8.28. The van der Waals surface area contributed by atoms with E-state index < -0.39 is 0 Å². The summed E-state index contributed by atoms with van der Waals surface area (Å²) in [4.78, 5) is 0. The van der Waals surface area contributed by atoms with Crippen molar-refractivity contribution in [2.45, 2.75) is 0 Å². The average molecular weight is 362 g/mol. The molecule has 25 valence electrons. The van der Waals surface area contributed by atoms with E-state index in [0.717, 1.165) is 0 Å². The van der Waals surface area contributed by atoms with Crippen LogP contribution in [0.5, 0.6) is 0 Å². The molecule has 0 aromatic heterocycles. The molecule has 0 atom stereocenters. The van der Waals surface area contributed by atoms with Gasteiger partial charge in [-0.15, -0.1) is 0 Å². The van der Waals surface area contributed by atoms with E-state index in [2.05, 4.69) is 0 Å². The third-order valence-electron chi connectivity index (χ3n) is 0. The Balaban J connectivity index is -0.00000000167. The molecule has 5 heavy (non-hydrogen) atoms. The molecule has 0 aromatic carbocycles. The Morgan fingerprint density at radius 2 is 1.20 bits per heavy atom. The summed E-state index contributed by atoms with van der Waals surface area (Å²) in [6.45, 7) is 0. The molecule has 0 bridgehead atoms. The normalized spacial score (nSPS) is 0.600. The molecule has 0 spiro atoms. The zero-order chi connectivity index (χ0) is 2.00. The summed E-state index contributed by atoms with van der Waals surface area (Å²) >= 11 is 0.611. The third-order valence-corrected chi connectivity index (χ3v) is 0. The first-order chi connectivity index (χ1) is 1.00. The van der Waals surface area contributed by atoms with Crippen molar-refractivity contribution in [3.63, 3.8) is 0 Å². The summed E-state index contributed by atoms with van der Waals surface area (Å²) in [5, 5.41) is 0. The van der Waals surface area contributed by atoms with E-state index in [4.69, 9.17) is 3.80 Å². The zero-order valence-electron chi connectivity index (χ0n) is 1.49. The number of hydrogen-bond donors (Lipinski definition) is 0. The molecule has 0 amide bonds. The van der Waals surface area contributed by atoms with Crippen molar-refractivity contribution in [2.75, 3.05) is 0 Å². The quantitative estimate of drug-likeness (QED) is 0.433. The van der Waals surface area contributed by atoms with Gasteiger partial charge in [0.05, 0.1) is 0 Å². The SMILES string of the molecule is [BaH2].[Eu].[MgH2].[O]=[AlH]. The van der Waals surface area contributed by atoms with Crippen molar-refractivity contribution in [2.24, 2.45) is 0 Å². The van der Waals surface area contributed by atoms with E-state index in [1.807, 2.05) is 0 Å². The van der Waals surface area contributed by atoms with E-state index in [-0.39, 0.29) is 121 Å². The molecule has 1 nitrogen and oxygen atoms in total. The summed E-state index contributed by atoms with van der Waals surface area (Å²) in [6.07, 6.45) is 0. The summed E-state index contributed by atoms with van der Waals surface area (Å²) in [5.74, 6) is 0. The van der Waals surface area contributed by atoms with Crippen LogP contribution in [0.1, 0.15) is 0 Å². The van der Waals surface area contributed by atoms with Gasteiger partial charge in [0.2, 0.25) is 0 Å². The van der Waals surface area contributed by atoms with Crippen molar-refractivity contribution in [3.05, 3.63) is 0 Å². The molecule has 1 radical (unpaired) electrons. The molecule has 0 aliphatic rings. The molecular formula is H5AlBaEuMgO. The fraction of sp³-hybridized carbons (Fsp3) is 0. The Hall–Kier alpha value is 4.25. The molecule has 0 aromatic rings. The van der Waals surface area contributed by atoms with E-state index >= 15 is 0 Å². The minimum atomic E-state index is 0. The van der Waals surface area contributed by atoms with Gasteiger partial charge in [0, 0.05) is 49.4 Å². The summed E-state index contributed by atoms with van der Waals surface area (Å²) in [5.41, 5.74) is 0. The van der Waals surface area contributed by atoms with Crippen molar-refractivity contribution in [3.8, 4) is 0 Å². The van der Waals surface area contributed by atoms with Gasteiger partial charge >= 0.3 is 92.0 Å². The molecule has 0 fully saturated rings. The Bertz CT molecular complexity index is 11.6. The van der Waals surface area contributed by atoms with Gasteiger partial charge in [-0.2, -0.15) is 0 Å². The second kappa shape index (κ2) is 24.0. The van der Waals surface area contributed by atoms with Crippen LogP contribution in [0.4, 0.5) is 0 Å². The second-order valence-corrected chi connectivity index (χ2v) is 0. The zero-order valence-corrected chi connectivity index (χ0v) is 5.33. The van der Waals surface area contributed by atoms with E-state index in [9.17, 15) is 0 Å².